The minimum Gasteiger partial charge on any atom is -0.299 e. The standard InChI is InChI=1S/C17H29NO3S/c1-12-6-4-5-7-14(12)18-22(20,21)11-17-9-8-13(10-15(17)19)16(17,2)3/h12-14,18H,4-11H2,1-3H3/t12-,13-,14-,17-/m1/s1. The zero-order chi connectivity index (χ0) is 16.2. The van der Waals surface area contributed by atoms with Crippen LogP contribution in [0, 0.1) is 22.7 Å². The molecule has 2 bridgehead atoms. The van der Waals surface area contributed by atoms with Gasteiger partial charge in [0.05, 0.1) is 5.75 Å². The fourth-order valence-electron chi connectivity index (χ4n) is 5.20. The largest absolute Gasteiger partial charge is 0.299 e. The first-order valence-corrected chi connectivity index (χ1v) is 10.4. The van der Waals surface area contributed by atoms with Crippen molar-refractivity contribution in [2.24, 2.45) is 22.7 Å². The maximum Gasteiger partial charge on any atom is 0.212 e. The molecule has 0 heterocycles. The Kier molecular flexibility index (Phi) is 3.96. The van der Waals surface area contributed by atoms with E-state index >= 15 is 0 Å². The molecule has 0 amide bonds. The van der Waals surface area contributed by atoms with Crippen LogP contribution in [0.3, 0.4) is 0 Å². The van der Waals surface area contributed by atoms with E-state index in [4.69, 9.17) is 0 Å². The van der Waals surface area contributed by atoms with Crippen molar-refractivity contribution in [1.82, 2.24) is 4.72 Å². The first-order chi connectivity index (χ1) is 10.2. The van der Waals surface area contributed by atoms with Crippen LogP contribution in [0.4, 0.5) is 0 Å². The second kappa shape index (κ2) is 5.30. The number of sulfonamides is 1. The zero-order valence-electron chi connectivity index (χ0n) is 14.0. The summed E-state index contributed by atoms with van der Waals surface area (Å²) in [5.41, 5.74) is -0.835. The van der Waals surface area contributed by atoms with Crippen molar-refractivity contribution in [2.45, 2.75) is 71.8 Å². The van der Waals surface area contributed by atoms with Crippen LogP contribution in [0.15, 0.2) is 0 Å². The maximum atomic E-state index is 12.8. The molecule has 0 radical (unpaired) electrons. The lowest BCUT2D eigenvalue weighted by Gasteiger charge is -2.37. The van der Waals surface area contributed by atoms with E-state index in [2.05, 4.69) is 25.5 Å². The van der Waals surface area contributed by atoms with Gasteiger partial charge in [0, 0.05) is 17.9 Å². The first-order valence-electron chi connectivity index (χ1n) is 8.71. The molecule has 0 unspecified atom stereocenters. The van der Waals surface area contributed by atoms with Crippen molar-refractivity contribution in [2.75, 3.05) is 5.75 Å². The summed E-state index contributed by atoms with van der Waals surface area (Å²) in [4.78, 5) is 12.5. The van der Waals surface area contributed by atoms with E-state index in [1.807, 2.05) is 0 Å². The summed E-state index contributed by atoms with van der Waals surface area (Å²) in [5, 5.41) is 0. The van der Waals surface area contributed by atoms with E-state index in [1.54, 1.807) is 0 Å². The molecule has 0 spiro atoms. The highest BCUT2D eigenvalue weighted by atomic mass is 32.2. The van der Waals surface area contributed by atoms with E-state index in [-0.39, 0.29) is 23.0 Å². The molecule has 5 heteroatoms. The van der Waals surface area contributed by atoms with Crippen LogP contribution in [-0.2, 0) is 14.8 Å². The van der Waals surface area contributed by atoms with Gasteiger partial charge in [0.1, 0.15) is 5.78 Å². The SMILES string of the molecule is C[C@@H]1CCCC[C@H]1NS(=O)(=O)C[C@]12CC[C@H](CC1=O)C2(C)C. The Morgan fingerprint density at radius 3 is 2.41 bits per heavy atom. The third-order valence-electron chi connectivity index (χ3n) is 7.02. The molecule has 4 nitrogen and oxygen atoms in total. The van der Waals surface area contributed by atoms with Gasteiger partial charge in [-0.1, -0.05) is 33.6 Å². The molecule has 3 fully saturated rings. The molecule has 1 N–H and O–H groups in total. The second-order valence-electron chi connectivity index (χ2n) is 8.41. The molecule has 3 aliphatic carbocycles. The lowest BCUT2D eigenvalue weighted by molar-refractivity contribution is -0.128. The average Bonchev–Trinajstić information content (AvgIpc) is 2.74. The Morgan fingerprint density at radius 2 is 1.86 bits per heavy atom. The molecule has 0 saturated heterocycles. The Hall–Kier alpha value is -0.420. The smallest absolute Gasteiger partial charge is 0.212 e. The molecule has 3 rings (SSSR count). The van der Waals surface area contributed by atoms with E-state index < -0.39 is 15.4 Å². The van der Waals surface area contributed by atoms with E-state index in [0.29, 0.717) is 18.3 Å². The van der Waals surface area contributed by atoms with Gasteiger partial charge in [0.2, 0.25) is 10.0 Å². The quantitative estimate of drug-likeness (QED) is 0.863. The predicted molar refractivity (Wildman–Crippen MR) is 86.9 cm³/mol. The fourth-order valence-corrected chi connectivity index (χ4v) is 7.42. The van der Waals surface area contributed by atoms with Gasteiger partial charge in [-0.15, -0.1) is 0 Å². The fraction of sp³-hybridized carbons (Fsp3) is 0.941. The van der Waals surface area contributed by atoms with Crippen LogP contribution >= 0.6 is 0 Å². The highest BCUT2D eigenvalue weighted by Gasteiger charge is 2.65. The Balaban J connectivity index is 1.78. The van der Waals surface area contributed by atoms with Crippen molar-refractivity contribution in [3.63, 3.8) is 0 Å². The molecule has 4 atom stereocenters. The Bertz CT molecular complexity index is 568. The summed E-state index contributed by atoms with van der Waals surface area (Å²) in [6.07, 6.45) is 6.60. The Labute approximate surface area is 134 Å². The normalized spacial score (nSPS) is 41.0. The predicted octanol–water partition coefficient (Wildman–Crippen LogP) is 2.88. The topological polar surface area (TPSA) is 63.2 Å². The summed E-state index contributed by atoms with van der Waals surface area (Å²) in [5.74, 6) is 0.926. The lowest BCUT2D eigenvalue weighted by atomic mass is 9.70. The first kappa shape index (κ1) is 16.4. The number of rotatable bonds is 4. The van der Waals surface area contributed by atoms with Gasteiger partial charge in [-0.2, -0.15) is 0 Å². The molecule has 126 valence electrons. The summed E-state index contributed by atoms with van der Waals surface area (Å²) < 4.78 is 28.4. The van der Waals surface area contributed by atoms with Gasteiger partial charge in [0.25, 0.3) is 0 Å². The number of carbonyl (C=O) groups is 1. The van der Waals surface area contributed by atoms with Gasteiger partial charge >= 0.3 is 0 Å². The van der Waals surface area contributed by atoms with Crippen molar-refractivity contribution >= 4 is 15.8 Å². The highest BCUT2D eigenvalue weighted by Crippen LogP contribution is 2.64. The van der Waals surface area contributed by atoms with Gasteiger partial charge in [-0.3, -0.25) is 4.79 Å². The number of carbonyl (C=O) groups excluding carboxylic acids is 1. The molecule has 0 aromatic rings. The molecule has 22 heavy (non-hydrogen) atoms. The molecule has 3 saturated carbocycles. The van der Waals surface area contributed by atoms with Crippen molar-refractivity contribution < 1.29 is 13.2 Å². The number of Topliss-reactive ketones (excluding diaryl/α,β-unsaturated/α-hetero) is 1. The number of hydrogen-bond acceptors (Lipinski definition) is 3. The summed E-state index contributed by atoms with van der Waals surface area (Å²) in [7, 11) is -3.42. The number of hydrogen-bond donors (Lipinski definition) is 1. The summed E-state index contributed by atoms with van der Waals surface area (Å²) in [6, 6.07) is 0.0481. The molecule has 0 aromatic heterocycles. The Morgan fingerprint density at radius 1 is 1.18 bits per heavy atom. The molecule has 0 aliphatic heterocycles. The van der Waals surface area contributed by atoms with E-state index in [1.165, 1.54) is 6.42 Å². The second-order valence-corrected chi connectivity index (χ2v) is 10.2. The minimum atomic E-state index is -3.42. The van der Waals surface area contributed by atoms with E-state index in [9.17, 15) is 13.2 Å². The number of ketones is 1. The van der Waals surface area contributed by atoms with Crippen LogP contribution < -0.4 is 4.72 Å². The van der Waals surface area contributed by atoms with Crippen molar-refractivity contribution in [3.8, 4) is 0 Å². The molecular weight excluding hydrogens is 298 g/mol. The third-order valence-corrected chi connectivity index (χ3v) is 8.55. The highest BCUT2D eigenvalue weighted by molar-refractivity contribution is 7.89. The van der Waals surface area contributed by atoms with Crippen LogP contribution in [0.2, 0.25) is 0 Å². The lowest BCUT2D eigenvalue weighted by Crippen LogP contribution is -2.49. The third kappa shape index (κ3) is 2.44. The van der Waals surface area contributed by atoms with Crippen LogP contribution in [0.1, 0.15) is 65.7 Å². The summed E-state index contributed by atoms with van der Waals surface area (Å²) >= 11 is 0. The van der Waals surface area contributed by atoms with Gasteiger partial charge in [-0.25, -0.2) is 13.1 Å². The number of fused-ring (bicyclic) bond motifs is 2. The molecule has 0 aromatic carbocycles. The maximum absolute atomic E-state index is 12.8. The zero-order valence-corrected chi connectivity index (χ0v) is 14.8. The van der Waals surface area contributed by atoms with Crippen LogP contribution in [-0.4, -0.2) is 26.0 Å². The molecular formula is C17H29NO3S. The van der Waals surface area contributed by atoms with E-state index in [0.717, 1.165) is 32.1 Å². The van der Waals surface area contributed by atoms with Crippen LogP contribution in [0.25, 0.3) is 0 Å². The van der Waals surface area contributed by atoms with Gasteiger partial charge in [-0.05, 0) is 42.9 Å². The van der Waals surface area contributed by atoms with Crippen molar-refractivity contribution in [1.29, 1.82) is 0 Å². The average molecular weight is 327 g/mol. The van der Waals surface area contributed by atoms with Gasteiger partial charge in [0.15, 0.2) is 0 Å². The monoisotopic (exact) mass is 327 g/mol. The summed E-state index contributed by atoms with van der Waals surface area (Å²) in [6.45, 7) is 6.31. The number of nitrogens with one attached hydrogen (secondary N) is 1. The minimum absolute atomic E-state index is 0.00838. The van der Waals surface area contributed by atoms with Gasteiger partial charge < -0.3 is 0 Å². The van der Waals surface area contributed by atoms with Crippen LogP contribution in [0.5, 0.6) is 0 Å². The van der Waals surface area contributed by atoms with Crippen molar-refractivity contribution in [3.05, 3.63) is 0 Å². The molecule has 3 aliphatic rings.